The van der Waals surface area contributed by atoms with E-state index in [1.165, 1.54) is 19.3 Å². The Hall–Kier alpha value is -1.22. The van der Waals surface area contributed by atoms with Crippen LogP contribution in [0.4, 0.5) is 5.69 Å². The fraction of sp³-hybridized carbons (Fsp3) is 0.562. The van der Waals surface area contributed by atoms with Crippen LogP contribution in [0.2, 0.25) is 0 Å². The topological polar surface area (TPSA) is 32.3 Å². The molecule has 1 saturated carbocycles. The lowest BCUT2D eigenvalue weighted by molar-refractivity contribution is -0.131. The van der Waals surface area contributed by atoms with Crippen molar-refractivity contribution in [1.82, 2.24) is 4.90 Å². The maximum absolute atomic E-state index is 12.2. The van der Waals surface area contributed by atoms with E-state index in [4.69, 9.17) is 0 Å². The van der Waals surface area contributed by atoms with E-state index in [0.29, 0.717) is 18.5 Å². The lowest BCUT2D eigenvalue weighted by Crippen LogP contribution is -2.44. The summed E-state index contributed by atoms with van der Waals surface area (Å²) in [6.07, 6.45) is 4.95. The number of hydrogen-bond acceptors (Lipinski definition) is 2. The van der Waals surface area contributed by atoms with Gasteiger partial charge in [0.2, 0.25) is 5.91 Å². The van der Waals surface area contributed by atoms with Crippen LogP contribution in [-0.2, 0) is 4.79 Å². The number of nitrogens with zero attached hydrogens (tertiary/aromatic N) is 1. The number of amides is 1. The average Bonchev–Trinajstić information content (AvgIpc) is 2.45. The molecule has 0 aromatic heterocycles. The van der Waals surface area contributed by atoms with Crippen molar-refractivity contribution >= 4 is 24.0 Å². The zero-order valence-electron chi connectivity index (χ0n) is 12.3. The zero-order chi connectivity index (χ0) is 13.7. The highest BCUT2D eigenvalue weighted by Gasteiger charge is 2.27. The first-order chi connectivity index (χ1) is 9.18. The minimum atomic E-state index is 0. The monoisotopic (exact) mass is 296 g/mol. The first-order valence-corrected chi connectivity index (χ1v) is 7.23. The summed E-state index contributed by atoms with van der Waals surface area (Å²) in [5, 5.41) is 3.19. The van der Waals surface area contributed by atoms with E-state index < -0.39 is 0 Å². The summed E-state index contributed by atoms with van der Waals surface area (Å²) in [4.78, 5) is 14.2. The molecule has 2 unspecified atom stereocenters. The van der Waals surface area contributed by atoms with Crippen LogP contribution in [0.5, 0.6) is 0 Å². The molecule has 2 atom stereocenters. The van der Waals surface area contributed by atoms with Crippen LogP contribution in [0.15, 0.2) is 30.3 Å². The fourth-order valence-electron chi connectivity index (χ4n) is 2.92. The molecule has 0 saturated heterocycles. The number of carbonyl (C=O) groups is 1. The minimum absolute atomic E-state index is 0. The lowest BCUT2D eigenvalue weighted by atomic mass is 9.85. The number of para-hydroxylation sites is 1. The summed E-state index contributed by atoms with van der Waals surface area (Å²) in [7, 11) is 1.95. The van der Waals surface area contributed by atoms with Gasteiger partial charge in [-0.05, 0) is 30.9 Å². The molecular formula is C16H25ClN2O. The molecule has 1 aliphatic rings. The van der Waals surface area contributed by atoms with Crippen LogP contribution in [0.1, 0.15) is 32.6 Å². The molecule has 1 aromatic rings. The predicted molar refractivity (Wildman–Crippen MR) is 86.4 cm³/mol. The average molecular weight is 297 g/mol. The van der Waals surface area contributed by atoms with E-state index in [2.05, 4.69) is 12.2 Å². The molecule has 0 spiro atoms. The molecule has 112 valence electrons. The van der Waals surface area contributed by atoms with Crippen LogP contribution < -0.4 is 5.32 Å². The van der Waals surface area contributed by atoms with Crippen LogP contribution in [0.3, 0.4) is 0 Å². The summed E-state index contributed by atoms with van der Waals surface area (Å²) in [5.74, 6) is 0.807. The standard InChI is InChI=1S/C16H24N2O.ClH/c1-13-8-6-7-11-15(13)18(2)16(19)12-17-14-9-4-3-5-10-14;/h3-5,9-10,13,15,17H,6-8,11-12H2,1-2H3;1H. The van der Waals surface area contributed by atoms with Crippen molar-refractivity contribution in [3.63, 3.8) is 0 Å². The molecule has 1 amide bonds. The number of carbonyl (C=O) groups excluding carboxylic acids is 1. The Labute approximate surface area is 128 Å². The minimum Gasteiger partial charge on any atom is -0.376 e. The van der Waals surface area contributed by atoms with Gasteiger partial charge in [0.25, 0.3) is 0 Å². The SMILES string of the molecule is CC1CCCCC1N(C)C(=O)CNc1ccccc1.Cl. The molecule has 20 heavy (non-hydrogen) atoms. The Balaban J connectivity index is 0.00000200. The van der Waals surface area contributed by atoms with E-state index >= 15 is 0 Å². The third-order valence-corrected chi connectivity index (χ3v) is 4.17. The van der Waals surface area contributed by atoms with Gasteiger partial charge in [0.1, 0.15) is 0 Å². The maximum atomic E-state index is 12.2. The first-order valence-electron chi connectivity index (χ1n) is 7.23. The van der Waals surface area contributed by atoms with E-state index in [0.717, 1.165) is 12.1 Å². The smallest absolute Gasteiger partial charge is 0.241 e. The summed E-state index contributed by atoms with van der Waals surface area (Å²) < 4.78 is 0. The van der Waals surface area contributed by atoms with Gasteiger partial charge in [0.05, 0.1) is 6.54 Å². The van der Waals surface area contributed by atoms with Crippen molar-refractivity contribution in [1.29, 1.82) is 0 Å². The number of halogens is 1. The molecule has 1 aliphatic carbocycles. The van der Waals surface area contributed by atoms with E-state index in [1.807, 2.05) is 42.3 Å². The molecule has 0 bridgehead atoms. The molecule has 4 heteroatoms. The molecule has 3 nitrogen and oxygen atoms in total. The first kappa shape index (κ1) is 16.8. The van der Waals surface area contributed by atoms with Gasteiger partial charge in [0.15, 0.2) is 0 Å². The summed E-state index contributed by atoms with van der Waals surface area (Å²) in [5.41, 5.74) is 1.00. The summed E-state index contributed by atoms with van der Waals surface area (Å²) in [6.45, 7) is 2.64. The largest absolute Gasteiger partial charge is 0.376 e. The van der Waals surface area contributed by atoms with E-state index in [-0.39, 0.29) is 18.3 Å². The van der Waals surface area contributed by atoms with E-state index in [1.54, 1.807) is 0 Å². The molecule has 2 rings (SSSR count). The van der Waals surface area contributed by atoms with Crippen molar-refractivity contribution in [2.45, 2.75) is 38.6 Å². The second-order valence-electron chi connectivity index (χ2n) is 5.55. The second kappa shape index (κ2) is 8.15. The Morgan fingerprint density at radius 2 is 1.90 bits per heavy atom. The van der Waals surface area contributed by atoms with Crippen molar-refractivity contribution in [3.8, 4) is 0 Å². The number of hydrogen-bond donors (Lipinski definition) is 1. The third kappa shape index (κ3) is 4.41. The lowest BCUT2D eigenvalue weighted by Gasteiger charge is -2.36. The highest BCUT2D eigenvalue weighted by atomic mass is 35.5. The van der Waals surface area contributed by atoms with Gasteiger partial charge in [-0.15, -0.1) is 12.4 Å². The van der Waals surface area contributed by atoms with Crippen LogP contribution >= 0.6 is 12.4 Å². The highest BCUT2D eigenvalue weighted by molar-refractivity contribution is 5.85. The zero-order valence-corrected chi connectivity index (χ0v) is 13.2. The molecule has 0 heterocycles. The number of benzene rings is 1. The number of nitrogens with one attached hydrogen (secondary N) is 1. The Kier molecular flexibility index (Phi) is 6.86. The fourth-order valence-corrected chi connectivity index (χ4v) is 2.92. The molecule has 1 aromatic carbocycles. The van der Waals surface area contributed by atoms with Crippen molar-refractivity contribution in [3.05, 3.63) is 30.3 Å². The quantitative estimate of drug-likeness (QED) is 0.921. The predicted octanol–water partition coefficient (Wildman–Crippen LogP) is 3.56. The van der Waals surface area contributed by atoms with Gasteiger partial charge >= 0.3 is 0 Å². The normalized spacial score (nSPS) is 21.7. The second-order valence-corrected chi connectivity index (χ2v) is 5.55. The molecule has 1 N–H and O–H groups in total. The Morgan fingerprint density at radius 3 is 2.55 bits per heavy atom. The van der Waals surface area contributed by atoms with Crippen molar-refractivity contribution in [2.24, 2.45) is 5.92 Å². The van der Waals surface area contributed by atoms with Gasteiger partial charge in [0, 0.05) is 18.8 Å². The van der Waals surface area contributed by atoms with Crippen molar-refractivity contribution < 1.29 is 4.79 Å². The van der Waals surface area contributed by atoms with Crippen molar-refractivity contribution in [2.75, 3.05) is 18.9 Å². The van der Waals surface area contributed by atoms with E-state index in [9.17, 15) is 4.79 Å². The number of rotatable bonds is 4. The Morgan fingerprint density at radius 1 is 1.25 bits per heavy atom. The number of likely N-dealkylation sites (N-methyl/N-ethyl adjacent to an activating group) is 1. The Bertz CT molecular complexity index is 410. The van der Waals surface area contributed by atoms with Crippen LogP contribution in [-0.4, -0.2) is 30.4 Å². The summed E-state index contributed by atoms with van der Waals surface area (Å²) in [6, 6.07) is 10.3. The van der Waals surface area contributed by atoms with Gasteiger partial charge < -0.3 is 10.2 Å². The third-order valence-electron chi connectivity index (χ3n) is 4.17. The highest BCUT2D eigenvalue weighted by Crippen LogP contribution is 2.27. The number of anilines is 1. The van der Waals surface area contributed by atoms with Crippen LogP contribution in [0.25, 0.3) is 0 Å². The molecule has 0 aliphatic heterocycles. The molecular weight excluding hydrogens is 272 g/mol. The molecule has 1 fully saturated rings. The molecule has 0 radical (unpaired) electrons. The van der Waals surface area contributed by atoms with Crippen LogP contribution in [0, 0.1) is 5.92 Å². The van der Waals surface area contributed by atoms with Gasteiger partial charge in [-0.3, -0.25) is 4.79 Å². The van der Waals surface area contributed by atoms with Gasteiger partial charge in [-0.2, -0.15) is 0 Å². The van der Waals surface area contributed by atoms with Gasteiger partial charge in [-0.25, -0.2) is 0 Å². The maximum Gasteiger partial charge on any atom is 0.241 e. The van der Waals surface area contributed by atoms with Gasteiger partial charge in [-0.1, -0.05) is 38.0 Å². The summed E-state index contributed by atoms with van der Waals surface area (Å²) >= 11 is 0.